The highest BCUT2D eigenvalue weighted by Crippen LogP contribution is 2.31. The van der Waals surface area contributed by atoms with Crippen LogP contribution in [0.4, 0.5) is 0 Å². The van der Waals surface area contributed by atoms with Gasteiger partial charge in [0.05, 0.1) is 0 Å². The Labute approximate surface area is 127 Å². The summed E-state index contributed by atoms with van der Waals surface area (Å²) in [6, 6.07) is 7.53. The predicted octanol–water partition coefficient (Wildman–Crippen LogP) is 1.61. The van der Waals surface area contributed by atoms with Crippen LogP contribution in [0.25, 0.3) is 0 Å². The minimum absolute atomic E-state index is 0.200. The molecule has 1 aliphatic rings. The van der Waals surface area contributed by atoms with E-state index < -0.39 is 5.97 Å². The van der Waals surface area contributed by atoms with Crippen LogP contribution in [0, 0.1) is 17.8 Å². The van der Waals surface area contributed by atoms with Gasteiger partial charge in [0, 0.05) is 16.9 Å². The van der Waals surface area contributed by atoms with Crippen molar-refractivity contribution < 1.29 is 9.90 Å². The van der Waals surface area contributed by atoms with E-state index >= 15 is 0 Å². The average Bonchev–Trinajstić information content (AvgIpc) is 3.28. The molecule has 2 rings (SSSR count). The van der Waals surface area contributed by atoms with Crippen molar-refractivity contribution >= 4 is 17.7 Å². The number of carboxylic acids is 1. The van der Waals surface area contributed by atoms with Crippen molar-refractivity contribution in [1.29, 1.82) is 0 Å². The van der Waals surface area contributed by atoms with Crippen LogP contribution >= 0.6 is 11.8 Å². The molecule has 6 heteroatoms. The summed E-state index contributed by atoms with van der Waals surface area (Å²) < 4.78 is 0. The summed E-state index contributed by atoms with van der Waals surface area (Å²) in [4.78, 5) is 11.7. The fourth-order valence-electron chi connectivity index (χ4n) is 1.63. The second-order valence-corrected chi connectivity index (χ2v) is 5.86. The highest BCUT2D eigenvalue weighted by Gasteiger charge is 2.19. The molecule has 0 spiro atoms. The van der Waals surface area contributed by atoms with E-state index in [0.717, 1.165) is 34.6 Å². The summed E-state index contributed by atoms with van der Waals surface area (Å²) in [7, 11) is 0. The van der Waals surface area contributed by atoms with Gasteiger partial charge in [-0.3, -0.25) is 0 Å². The van der Waals surface area contributed by atoms with E-state index in [1.165, 1.54) is 12.8 Å². The first-order valence-corrected chi connectivity index (χ1v) is 7.38. The molecule has 0 radical (unpaired) electrons. The van der Waals surface area contributed by atoms with E-state index in [9.17, 15) is 4.79 Å². The second-order valence-electron chi connectivity index (χ2n) is 4.77. The third-order valence-corrected chi connectivity index (χ3v) is 4.01. The standard InChI is InChI=1S/C15H17N3O2S/c16-13(15(19)20)14(18-17)21-12-6-2-5-11(9-12)4-1-3-10-7-8-10/h2,5-6,9-10,18H,3,7-8,16-17H2,(H,19,20)/b14-13+. The van der Waals surface area contributed by atoms with Crippen LogP contribution in [0.1, 0.15) is 24.8 Å². The molecule has 0 heterocycles. The molecule has 1 aromatic carbocycles. The molecule has 21 heavy (non-hydrogen) atoms. The lowest BCUT2D eigenvalue weighted by Crippen LogP contribution is -2.26. The number of hydrazine groups is 1. The minimum Gasteiger partial charge on any atom is -0.477 e. The number of carboxylic acid groups (broad SMARTS) is 1. The molecule has 0 bridgehead atoms. The Balaban J connectivity index is 2.10. The molecule has 5 nitrogen and oxygen atoms in total. The topological polar surface area (TPSA) is 101 Å². The Morgan fingerprint density at radius 2 is 2.24 bits per heavy atom. The molecule has 6 N–H and O–H groups in total. The van der Waals surface area contributed by atoms with E-state index in [2.05, 4.69) is 17.3 Å². The quantitative estimate of drug-likeness (QED) is 0.217. The smallest absolute Gasteiger partial charge is 0.354 e. The third kappa shape index (κ3) is 4.74. The largest absolute Gasteiger partial charge is 0.477 e. The van der Waals surface area contributed by atoms with Crippen LogP contribution in [0.3, 0.4) is 0 Å². The van der Waals surface area contributed by atoms with Crippen molar-refractivity contribution in [1.82, 2.24) is 5.43 Å². The van der Waals surface area contributed by atoms with Crippen molar-refractivity contribution in [2.24, 2.45) is 17.5 Å². The number of rotatable bonds is 5. The molecule has 1 aliphatic carbocycles. The summed E-state index contributed by atoms with van der Waals surface area (Å²) in [5.41, 5.74) is 8.37. The van der Waals surface area contributed by atoms with Gasteiger partial charge in [0.1, 0.15) is 10.7 Å². The van der Waals surface area contributed by atoms with Gasteiger partial charge in [-0.2, -0.15) is 0 Å². The molecule has 0 atom stereocenters. The summed E-state index contributed by atoms with van der Waals surface area (Å²) in [6.45, 7) is 0. The van der Waals surface area contributed by atoms with Crippen molar-refractivity contribution in [3.63, 3.8) is 0 Å². The molecule has 110 valence electrons. The molecule has 0 aliphatic heterocycles. The molecular formula is C15H17N3O2S. The number of carbonyl (C=O) groups is 1. The molecule has 0 amide bonds. The molecule has 1 aromatic rings. The molecule has 0 unspecified atom stereocenters. The van der Waals surface area contributed by atoms with E-state index in [-0.39, 0.29) is 10.7 Å². The van der Waals surface area contributed by atoms with Crippen LogP contribution in [-0.4, -0.2) is 11.1 Å². The fourth-order valence-corrected chi connectivity index (χ4v) is 2.46. The average molecular weight is 303 g/mol. The number of hydrogen-bond acceptors (Lipinski definition) is 5. The number of thioether (sulfide) groups is 1. The molecule has 1 saturated carbocycles. The Morgan fingerprint density at radius 3 is 2.86 bits per heavy atom. The van der Waals surface area contributed by atoms with Crippen molar-refractivity contribution in [3.8, 4) is 11.8 Å². The van der Waals surface area contributed by atoms with E-state index in [1.807, 2.05) is 24.3 Å². The van der Waals surface area contributed by atoms with Crippen LogP contribution in [-0.2, 0) is 4.79 Å². The van der Waals surface area contributed by atoms with Crippen molar-refractivity contribution in [3.05, 3.63) is 40.6 Å². The summed E-state index contributed by atoms with van der Waals surface area (Å²) in [5.74, 6) is 11.2. The van der Waals surface area contributed by atoms with Crippen LogP contribution in [0.5, 0.6) is 0 Å². The van der Waals surface area contributed by atoms with Crippen molar-refractivity contribution in [2.75, 3.05) is 0 Å². The van der Waals surface area contributed by atoms with Crippen LogP contribution in [0.2, 0.25) is 0 Å². The minimum atomic E-state index is -1.21. The number of aliphatic carboxylic acids is 1. The number of benzene rings is 1. The SMILES string of the molecule is NN/C(Sc1cccc(C#CCC2CC2)c1)=C(\N)C(=O)O. The number of hydrogen-bond donors (Lipinski definition) is 4. The lowest BCUT2D eigenvalue weighted by molar-refractivity contribution is -0.132. The zero-order valence-corrected chi connectivity index (χ0v) is 12.2. The van der Waals surface area contributed by atoms with Gasteiger partial charge in [0.15, 0.2) is 0 Å². The van der Waals surface area contributed by atoms with Crippen LogP contribution in [0.15, 0.2) is 39.9 Å². The molecule has 0 aromatic heterocycles. The Hall–Kier alpha value is -2.10. The third-order valence-electron chi connectivity index (χ3n) is 2.98. The Morgan fingerprint density at radius 1 is 1.48 bits per heavy atom. The highest BCUT2D eigenvalue weighted by atomic mass is 32.2. The maximum absolute atomic E-state index is 10.9. The van der Waals surface area contributed by atoms with E-state index in [4.69, 9.17) is 16.7 Å². The first-order valence-electron chi connectivity index (χ1n) is 6.56. The highest BCUT2D eigenvalue weighted by molar-refractivity contribution is 8.03. The zero-order chi connectivity index (χ0) is 15.2. The van der Waals surface area contributed by atoms with Crippen LogP contribution < -0.4 is 17.0 Å². The first-order chi connectivity index (χ1) is 10.1. The normalized spacial score (nSPS) is 14.7. The molecular weight excluding hydrogens is 286 g/mol. The molecule has 1 fully saturated rings. The van der Waals surface area contributed by atoms with Gasteiger partial charge in [0.25, 0.3) is 0 Å². The second kappa shape index (κ2) is 7.07. The Bertz CT molecular complexity index is 627. The summed E-state index contributed by atoms with van der Waals surface area (Å²) in [6.07, 6.45) is 3.52. The van der Waals surface area contributed by atoms with E-state index in [0.29, 0.717) is 0 Å². The first kappa shape index (κ1) is 15.3. The van der Waals surface area contributed by atoms with Gasteiger partial charge in [0.2, 0.25) is 0 Å². The van der Waals surface area contributed by atoms with Gasteiger partial charge in [-0.25, -0.2) is 10.6 Å². The predicted molar refractivity (Wildman–Crippen MR) is 82.7 cm³/mol. The van der Waals surface area contributed by atoms with Gasteiger partial charge in [-0.15, -0.1) is 0 Å². The molecule has 0 saturated heterocycles. The zero-order valence-electron chi connectivity index (χ0n) is 11.4. The van der Waals surface area contributed by atoms with Crippen molar-refractivity contribution in [2.45, 2.75) is 24.2 Å². The fraction of sp³-hybridized carbons (Fsp3) is 0.267. The lowest BCUT2D eigenvalue weighted by Gasteiger charge is -2.08. The van der Waals surface area contributed by atoms with Gasteiger partial charge >= 0.3 is 5.97 Å². The summed E-state index contributed by atoms with van der Waals surface area (Å²) in [5, 5.41) is 9.08. The lowest BCUT2D eigenvalue weighted by atomic mass is 10.2. The van der Waals surface area contributed by atoms with Gasteiger partial charge in [-0.05, 0) is 37.0 Å². The van der Waals surface area contributed by atoms with E-state index in [1.54, 1.807) is 0 Å². The number of nitrogens with one attached hydrogen (secondary N) is 1. The van der Waals surface area contributed by atoms with Gasteiger partial charge in [-0.1, -0.05) is 29.7 Å². The summed E-state index contributed by atoms with van der Waals surface area (Å²) >= 11 is 1.16. The maximum atomic E-state index is 10.9. The monoisotopic (exact) mass is 303 g/mol. The maximum Gasteiger partial charge on any atom is 0.354 e. The Kier molecular flexibility index (Phi) is 5.14. The van der Waals surface area contributed by atoms with Gasteiger partial charge < -0.3 is 16.3 Å². The number of nitrogens with two attached hydrogens (primary N) is 2.